The van der Waals surface area contributed by atoms with Gasteiger partial charge in [0.25, 0.3) is 0 Å². The van der Waals surface area contributed by atoms with Crippen molar-refractivity contribution in [1.82, 2.24) is 10.6 Å². The number of hydrogen-bond donors (Lipinski definition) is 2. The molecule has 0 spiro atoms. The van der Waals surface area contributed by atoms with Crippen LogP contribution in [0.15, 0.2) is 0 Å². The number of urea groups is 1. The van der Waals surface area contributed by atoms with Crippen LogP contribution < -0.4 is 10.6 Å². The molecule has 2 amide bonds. The molecule has 17 heavy (non-hydrogen) atoms. The molecule has 0 bridgehead atoms. The van der Waals surface area contributed by atoms with Crippen LogP contribution in [0, 0.1) is 0 Å². The summed E-state index contributed by atoms with van der Waals surface area (Å²) in [6.07, 6.45) is 1.93. The van der Waals surface area contributed by atoms with Gasteiger partial charge < -0.3 is 20.1 Å². The maximum absolute atomic E-state index is 11.3. The van der Waals surface area contributed by atoms with E-state index in [-0.39, 0.29) is 24.7 Å². The summed E-state index contributed by atoms with van der Waals surface area (Å²) >= 11 is 0. The third-order valence-electron chi connectivity index (χ3n) is 2.53. The molecular weight excluding hydrogens is 224 g/mol. The van der Waals surface area contributed by atoms with Crippen LogP contribution in [-0.2, 0) is 14.3 Å². The molecule has 1 aliphatic carbocycles. The van der Waals surface area contributed by atoms with Crippen molar-refractivity contribution in [1.29, 1.82) is 0 Å². The molecule has 0 aromatic carbocycles. The fourth-order valence-corrected chi connectivity index (χ4v) is 1.66. The first-order valence-corrected chi connectivity index (χ1v) is 5.97. The lowest BCUT2D eigenvalue weighted by Gasteiger charge is -2.35. The minimum Gasteiger partial charge on any atom is -0.465 e. The van der Waals surface area contributed by atoms with Crippen molar-refractivity contribution in [2.24, 2.45) is 0 Å². The average Bonchev–Trinajstić information content (AvgIpc) is 2.24. The smallest absolute Gasteiger partial charge is 0.325 e. The summed E-state index contributed by atoms with van der Waals surface area (Å²) in [7, 11) is 0. The SMILES string of the molecule is CCOC(=O)CNC(=O)NC1CC(OCC)C1. The lowest BCUT2D eigenvalue weighted by Crippen LogP contribution is -2.51. The van der Waals surface area contributed by atoms with E-state index in [4.69, 9.17) is 4.74 Å². The summed E-state index contributed by atoms with van der Waals surface area (Å²) in [5, 5.41) is 5.21. The molecule has 0 unspecified atom stereocenters. The first-order valence-electron chi connectivity index (χ1n) is 5.97. The molecule has 1 saturated carbocycles. The normalized spacial score (nSPS) is 22.5. The third-order valence-corrected chi connectivity index (χ3v) is 2.53. The number of carbonyl (C=O) groups is 2. The summed E-state index contributed by atoms with van der Waals surface area (Å²) in [5.74, 6) is -0.427. The number of ether oxygens (including phenoxy) is 2. The highest BCUT2D eigenvalue weighted by Gasteiger charge is 2.30. The van der Waals surface area contributed by atoms with E-state index in [1.54, 1.807) is 6.92 Å². The van der Waals surface area contributed by atoms with Crippen LogP contribution in [0.4, 0.5) is 4.79 Å². The molecule has 98 valence electrons. The molecule has 0 saturated heterocycles. The number of rotatable bonds is 6. The van der Waals surface area contributed by atoms with E-state index in [0.717, 1.165) is 12.8 Å². The first kappa shape index (κ1) is 13.8. The molecule has 0 aromatic rings. The molecule has 1 rings (SSSR count). The molecule has 2 N–H and O–H groups in total. The van der Waals surface area contributed by atoms with E-state index in [2.05, 4.69) is 15.4 Å². The zero-order valence-corrected chi connectivity index (χ0v) is 10.3. The first-order chi connectivity index (χ1) is 8.15. The van der Waals surface area contributed by atoms with Gasteiger partial charge in [-0.2, -0.15) is 0 Å². The zero-order chi connectivity index (χ0) is 12.7. The fraction of sp³-hybridized carbons (Fsp3) is 0.818. The molecule has 6 heteroatoms. The Kier molecular flexibility index (Phi) is 5.76. The van der Waals surface area contributed by atoms with Crippen molar-refractivity contribution < 1.29 is 19.1 Å². The fourth-order valence-electron chi connectivity index (χ4n) is 1.66. The standard InChI is InChI=1S/C11H20N2O4/c1-3-16-9-5-8(6-9)13-11(15)12-7-10(14)17-4-2/h8-9H,3-7H2,1-2H3,(H2,12,13,15). The van der Waals surface area contributed by atoms with Crippen molar-refractivity contribution in [2.75, 3.05) is 19.8 Å². The van der Waals surface area contributed by atoms with E-state index in [1.807, 2.05) is 6.92 Å². The zero-order valence-electron chi connectivity index (χ0n) is 10.3. The van der Waals surface area contributed by atoms with Gasteiger partial charge in [0.1, 0.15) is 6.54 Å². The minimum atomic E-state index is -0.427. The van der Waals surface area contributed by atoms with Crippen molar-refractivity contribution in [3.05, 3.63) is 0 Å². The lowest BCUT2D eigenvalue weighted by molar-refractivity contribution is -0.141. The summed E-state index contributed by atoms with van der Waals surface area (Å²) in [5.41, 5.74) is 0. The Labute approximate surface area is 101 Å². The van der Waals surface area contributed by atoms with Crippen molar-refractivity contribution in [3.8, 4) is 0 Å². The Morgan fingerprint density at radius 1 is 1.24 bits per heavy atom. The highest BCUT2D eigenvalue weighted by atomic mass is 16.5. The molecule has 0 atom stereocenters. The van der Waals surface area contributed by atoms with Crippen molar-refractivity contribution >= 4 is 12.0 Å². The van der Waals surface area contributed by atoms with Gasteiger partial charge in [0.15, 0.2) is 0 Å². The second-order valence-corrected chi connectivity index (χ2v) is 3.88. The van der Waals surface area contributed by atoms with E-state index < -0.39 is 5.97 Å². The Balaban J connectivity index is 2.05. The highest BCUT2D eigenvalue weighted by molar-refractivity contribution is 5.80. The maximum atomic E-state index is 11.3. The van der Waals surface area contributed by atoms with Gasteiger partial charge in [0, 0.05) is 12.6 Å². The van der Waals surface area contributed by atoms with Crippen molar-refractivity contribution in [3.63, 3.8) is 0 Å². The number of amides is 2. The van der Waals surface area contributed by atoms with E-state index in [1.165, 1.54) is 0 Å². The Morgan fingerprint density at radius 2 is 1.94 bits per heavy atom. The number of nitrogens with one attached hydrogen (secondary N) is 2. The van der Waals surface area contributed by atoms with Crippen LogP contribution in [0.25, 0.3) is 0 Å². The summed E-state index contributed by atoms with van der Waals surface area (Å²) in [4.78, 5) is 22.3. The summed E-state index contributed by atoms with van der Waals surface area (Å²) in [6, 6.07) is -0.188. The summed E-state index contributed by atoms with van der Waals surface area (Å²) < 4.78 is 10.1. The molecule has 6 nitrogen and oxygen atoms in total. The molecular formula is C11H20N2O4. The molecule has 1 fully saturated rings. The molecule has 1 aliphatic rings. The molecule has 0 aliphatic heterocycles. The number of hydrogen-bond acceptors (Lipinski definition) is 4. The molecule has 0 aromatic heterocycles. The van der Waals surface area contributed by atoms with E-state index in [9.17, 15) is 9.59 Å². The van der Waals surface area contributed by atoms with Crippen LogP contribution in [0.5, 0.6) is 0 Å². The molecule has 0 heterocycles. The van der Waals surface area contributed by atoms with Crippen LogP contribution in [0.3, 0.4) is 0 Å². The quantitative estimate of drug-likeness (QED) is 0.664. The van der Waals surface area contributed by atoms with Gasteiger partial charge in [-0.3, -0.25) is 4.79 Å². The largest absolute Gasteiger partial charge is 0.465 e. The maximum Gasteiger partial charge on any atom is 0.325 e. The third kappa shape index (κ3) is 5.04. The second-order valence-electron chi connectivity index (χ2n) is 3.88. The summed E-state index contributed by atoms with van der Waals surface area (Å²) in [6.45, 7) is 4.60. The highest BCUT2D eigenvalue weighted by Crippen LogP contribution is 2.22. The monoisotopic (exact) mass is 244 g/mol. The second kappa shape index (κ2) is 7.11. The van der Waals surface area contributed by atoms with Gasteiger partial charge in [-0.25, -0.2) is 4.79 Å². The van der Waals surface area contributed by atoms with Gasteiger partial charge in [0.05, 0.1) is 12.7 Å². The Bertz CT molecular complexity index is 264. The van der Waals surface area contributed by atoms with Gasteiger partial charge in [-0.1, -0.05) is 0 Å². The van der Waals surface area contributed by atoms with Gasteiger partial charge in [-0.15, -0.1) is 0 Å². The van der Waals surface area contributed by atoms with E-state index >= 15 is 0 Å². The van der Waals surface area contributed by atoms with Gasteiger partial charge in [-0.05, 0) is 26.7 Å². The van der Waals surface area contributed by atoms with Crippen LogP contribution in [0.1, 0.15) is 26.7 Å². The van der Waals surface area contributed by atoms with Gasteiger partial charge in [0.2, 0.25) is 0 Å². The minimum absolute atomic E-state index is 0.0960. The molecule has 0 radical (unpaired) electrons. The number of carbonyl (C=O) groups excluding carboxylic acids is 2. The number of esters is 1. The predicted molar refractivity (Wildman–Crippen MR) is 61.6 cm³/mol. The lowest BCUT2D eigenvalue weighted by atomic mass is 9.89. The topological polar surface area (TPSA) is 76.7 Å². The van der Waals surface area contributed by atoms with E-state index in [0.29, 0.717) is 13.2 Å². The van der Waals surface area contributed by atoms with Gasteiger partial charge >= 0.3 is 12.0 Å². The Hall–Kier alpha value is -1.30. The predicted octanol–water partition coefficient (Wildman–Crippen LogP) is 0.416. The van der Waals surface area contributed by atoms with Crippen LogP contribution in [-0.4, -0.2) is 43.9 Å². The van der Waals surface area contributed by atoms with Crippen molar-refractivity contribution in [2.45, 2.75) is 38.8 Å². The van der Waals surface area contributed by atoms with Crippen LogP contribution >= 0.6 is 0 Å². The Morgan fingerprint density at radius 3 is 2.53 bits per heavy atom. The average molecular weight is 244 g/mol. The van der Waals surface area contributed by atoms with Crippen LogP contribution in [0.2, 0.25) is 0 Å².